The zero-order chi connectivity index (χ0) is 19.0. The van der Waals surface area contributed by atoms with Crippen molar-refractivity contribution in [3.05, 3.63) is 77.0 Å². The Hall–Kier alpha value is -3.32. The summed E-state index contributed by atoms with van der Waals surface area (Å²) in [5.74, 6) is -0.342. The molecular weight excluding hydrogens is 369 g/mol. The van der Waals surface area contributed by atoms with Crippen molar-refractivity contribution in [2.24, 2.45) is 0 Å². The molecular formula is C19H13ClFN5O. The lowest BCUT2D eigenvalue weighted by molar-refractivity contribution is 0.102. The number of carbonyl (C=O) groups is 1. The number of rotatable bonds is 3. The van der Waals surface area contributed by atoms with E-state index in [1.807, 2.05) is 0 Å². The average Bonchev–Trinajstić information content (AvgIpc) is 3.01. The smallest absolute Gasteiger partial charge is 0.259 e. The minimum atomic E-state index is -0.415. The van der Waals surface area contributed by atoms with Crippen LogP contribution in [0.2, 0.25) is 5.02 Å². The summed E-state index contributed by atoms with van der Waals surface area (Å²) in [4.78, 5) is 21.0. The molecule has 0 unspecified atom stereocenters. The van der Waals surface area contributed by atoms with Crippen molar-refractivity contribution in [1.82, 2.24) is 19.7 Å². The standard InChI is InChI=1S/C19H13ClFN5O/c1-11-16-17(20)14(19(27)24-15-4-2-3-9-22-15)10-23-18(16)26(25-11)13-7-5-12(21)6-8-13/h2-10H,1H3,(H,22,24,27). The van der Waals surface area contributed by atoms with Gasteiger partial charge in [0.1, 0.15) is 11.6 Å². The molecule has 1 amide bonds. The predicted octanol–water partition coefficient (Wildman–Crippen LogP) is 4.17. The second-order valence-electron chi connectivity index (χ2n) is 5.83. The topological polar surface area (TPSA) is 72.7 Å². The second-order valence-corrected chi connectivity index (χ2v) is 6.21. The Morgan fingerprint density at radius 2 is 1.93 bits per heavy atom. The number of halogens is 2. The van der Waals surface area contributed by atoms with Gasteiger partial charge in [-0.3, -0.25) is 4.79 Å². The third-order valence-corrected chi connectivity index (χ3v) is 4.42. The van der Waals surface area contributed by atoms with Gasteiger partial charge in [0.25, 0.3) is 5.91 Å². The fourth-order valence-corrected chi connectivity index (χ4v) is 3.11. The summed E-state index contributed by atoms with van der Waals surface area (Å²) < 4.78 is 14.8. The first-order valence-electron chi connectivity index (χ1n) is 8.07. The van der Waals surface area contributed by atoms with Crippen LogP contribution in [-0.2, 0) is 0 Å². The van der Waals surface area contributed by atoms with E-state index in [0.29, 0.717) is 28.2 Å². The third kappa shape index (κ3) is 3.13. The Kier molecular flexibility index (Phi) is 4.29. The van der Waals surface area contributed by atoms with Crippen LogP contribution in [0.1, 0.15) is 16.1 Å². The van der Waals surface area contributed by atoms with E-state index in [9.17, 15) is 9.18 Å². The molecule has 6 nitrogen and oxygen atoms in total. The molecule has 1 aromatic carbocycles. The minimum Gasteiger partial charge on any atom is -0.306 e. The van der Waals surface area contributed by atoms with Gasteiger partial charge >= 0.3 is 0 Å². The van der Waals surface area contributed by atoms with E-state index < -0.39 is 5.91 Å². The molecule has 0 saturated heterocycles. The number of carbonyl (C=O) groups excluding carboxylic acids is 1. The number of aromatic nitrogens is 4. The number of nitrogens with zero attached hydrogens (tertiary/aromatic N) is 4. The van der Waals surface area contributed by atoms with Crippen molar-refractivity contribution in [3.8, 4) is 5.69 Å². The van der Waals surface area contributed by atoms with Crippen LogP contribution in [0.4, 0.5) is 10.2 Å². The maximum Gasteiger partial charge on any atom is 0.259 e. The minimum absolute atomic E-state index is 0.219. The first-order valence-corrected chi connectivity index (χ1v) is 8.44. The highest BCUT2D eigenvalue weighted by molar-refractivity contribution is 6.39. The Labute approximate surface area is 158 Å². The number of anilines is 1. The van der Waals surface area contributed by atoms with Gasteiger partial charge in [-0.2, -0.15) is 5.10 Å². The van der Waals surface area contributed by atoms with Gasteiger partial charge in [0.2, 0.25) is 0 Å². The number of fused-ring (bicyclic) bond motifs is 1. The maximum atomic E-state index is 13.2. The highest BCUT2D eigenvalue weighted by Crippen LogP contribution is 2.30. The molecule has 0 spiro atoms. The van der Waals surface area contributed by atoms with E-state index in [1.54, 1.807) is 48.1 Å². The van der Waals surface area contributed by atoms with Gasteiger partial charge in [0, 0.05) is 12.4 Å². The number of benzene rings is 1. The van der Waals surface area contributed by atoms with Gasteiger partial charge in [0.05, 0.1) is 27.4 Å². The van der Waals surface area contributed by atoms with Crippen LogP contribution in [0, 0.1) is 12.7 Å². The van der Waals surface area contributed by atoms with Crippen LogP contribution in [0.25, 0.3) is 16.7 Å². The van der Waals surface area contributed by atoms with Crippen molar-refractivity contribution >= 4 is 34.4 Å². The van der Waals surface area contributed by atoms with Gasteiger partial charge in [-0.25, -0.2) is 19.0 Å². The number of hydrogen-bond acceptors (Lipinski definition) is 4. The van der Waals surface area contributed by atoms with E-state index in [2.05, 4.69) is 20.4 Å². The van der Waals surface area contributed by atoms with E-state index in [1.165, 1.54) is 18.3 Å². The fourth-order valence-electron chi connectivity index (χ4n) is 2.75. The molecule has 27 heavy (non-hydrogen) atoms. The molecule has 3 aromatic heterocycles. The Morgan fingerprint density at radius 3 is 2.63 bits per heavy atom. The Balaban J connectivity index is 1.77. The lowest BCUT2D eigenvalue weighted by atomic mass is 10.2. The van der Waals surface area contributed by atoms with Crippen LogP contribution >= 0.6 is 11.6 Å². The van der Waals surface area contributed by atoms with Crippen molar-refractivity contribution < 1.29 is 9.18 Å². The summed E-state index contributed by atoms with van der Waals surface area (Å²) in [7, 11) is 0. The summed E-state index contributed by atoms with van der Waals surface area (Å²) in [5, 5.41) is 7.94. The second kappa shape index (κ2) is 6.77. The number of pyridine rings is 2. The first-order chi connectivity index (χ1) is 13.0. The van der Waals surface area contributed by atoms with E-state index in [-0.39, 0.29) is 16.4 Å². The van der Waals surface area contributed by atoms with E-state index in [4.69, 9.17) is 11.6 Å². The number of hydrogen-bond donors (Lipinski definition) is 1. The largest absolute Gasteiger partial charge is 0.306 e. The lowest BCUT2D eigenvalue weighted by Crippen LogP contribution is -2.14. The molecule has 134 valence electrons. The van der Waals surface area contributed by atoms with Gasteiger partial charge in [-0.1, -0.05) is 17.7 Å². The van der Waals surface area contributed by atoms with Gasteiger partial charge in [0.15, 0.2) is 5.65 Å². The molecule has 0 aliphatic carbocycles. The van der Waals surface area contributed by atoms with E-state index >= 15 is 0 Å². The molecule has 0 atom stereocenters. The number of nitrogens with one attached hydrogen (secondary N) is 1. The quantitative estimate of drug-likeness (QED) is 0.578. The lowest BCUT2D eigenvalue weighted by Gasteiger charge is -2.07. The highest BCUT2D eigenvalue weighted by Gasteiger charge is 2.20. The summed E-state index contributed by atoms with van der Waals surface area (Å²) in [5.41, 5.74) is 1.96. The van der Waals surface area contributed by atoms with Gasteiger partial charge < -0.3 is 5.32 Å². The zero-order valence-corrected chi connectivity index (χ0v) is 14.9. The Morgan fingerprint density at radius 1 is 1.15 bits per heavy atom. The highest BCUT2D eigenvalue weighted by atomic mass is 35.5. The van der Waals surface area contributed by atoms with Crippen molar-refractivity contribution in [2.45, 2.75) is 6.92 Å². The van der Waals surface area contributed by atoms with Crippen LogP contribution in [-0.4, -0.2) is 25.7 Å². The third-order valence-electron chi connectivity index (χ3n) is 4.03. The average molecular weight is 382 g/mol. The summed E-state index contributed by atoms with van der Waals surface area (Å²) in [6.45, 7) is 1.77. The first kappa shape index (κ1) is 17.1. The summed E-state index contributed by atoms with van der Waals surface area (Å²) >= 11 is 6.50. The summed E-state index contributed by atoms with van der Waals surface area (Å²) in [6.07, 6.45) is 2.97. The molecule has 0 saturated carbocycles. The molecule has 4 rings (SSSR count). The van der Waals surface area contributed by atoms with Crippen LogP contribution < -0.4 is 5.32 Å². The SMILES string of the molecule is Cc1nn(-c2ccc(F)cc2)c2ncc(C(=O)Nc3ccccn3)c(Cl)c12. The van der Waals surface area contributed by atoms with E-state index in [0.717, 1.165) is 0 Å². The van der Waals surface area contributed by atoms with Gasteiger partial charge in [-0.05, 0) is 43.3 Å². The number of amides is 1. The van der Waals surface area contributed by atoms with Crippen LogP contribution in [0.5, 0.6) is 0 Å². The Bertz CT molecular complexity index is 1140. The number of aryl methyl sites for hydroxylation is 1. The van der Waals surface area contributed by atoms with Crippen LogP contribution in [0.15, 0.2) is 54.9 Å². The maximum absolute atomic E-state index is 13.2. The van der Waals surface area contributed by atoms with Gasteiger partial charge in [-0.15, -0.1) is 0 Å². The van der Waals surface area contributed by atoms with Crippen LogP contribution in [0.3, 0.4) is 0 Å². The summed E-state index contributed by atoms with van der Waals surface area (Å²) in [6, 6.07) is 11.1. The molecule has 0 aliphatic rings. The molecule has 0 bridgehead atoms. The molecule has 8 heteroatoms. The predicted molar refractivity (Wildman–Crippen MR) is 101 cm³/mol. The van der Waals surface area contributed by atoms with Crippen molar-refractivity contribution in [2.75, 3.05) is 5.32 Å². The molecule has 0 fully saturated rings. The van der Waals surface area contributed by atoms with Crippen molar-refractivity contribution in [1.29, 1.82) is 0 Å². The monoisotopic (exact) mass is 381 g/mol. The molecule has 0 aliphatic heterocycles. The molecule has 4 aromatic rings. The van der Waals surface area contributed by atoms with Crippen molar-refractivity contribution in [3.63, 3.8) is 0 Å². The molecule has 3 heterocycles. The normalized spacial score (nSPS) is 10.9. The zero-order valence-electron chi connectivity index (χ0n) is 14.1. The molecule has 1 N–H and O–H groups in total. The fraction of sp³-hybridized carbons (Fsp3) is 0.0526. The molecule has 0 radical (unpaired) electrons.